The molecule has 8 nitrogen and oxygen atoms in total. The summed E-state index contributed by atoms with van der Waals surface area (Å²) in [5, 5.41) is 13.5. The number of hydrogen-bond acceptors (Lipinski definition) is 5. The Bertz CT molecular complexity index is 732. The summed E-state index contributed by atoms with van der Waals surface area (Å²) in [7, 11) is -3.80. The Labute approximate surface area is 134 Å². The highest BCUT2D eigenvalue weighted by atomic mass is 32.2. The van der Waals surface area contributed by atoms with Gasteiger partial charge in [0, 0.05) is 25.6 Å². The SMILES string of the molecule is CC(=O)Nc1ccc(S(=O)(=O)N2CCCC[C@@H]2C)cc1[N+](=O)[O-]. The van der Waals surface area contributed by atoms with Crippen molar-refractivity contribution in [2.24, 2.45) is 0 Å². The average Bonchev–Trinajstić information content (AvgIpc) is 2.46. The van der Waals surface area contributed by atoms with Crippen LogP contribution in [-0.2, 0) is 14.8 Å². The molecule has 1 aliphatic rings. The van der Waals surface area contributed by atoms with Crippen LogP contribution in [0.15, 0.2) is 23.1 Å². The van der Waals surface area contributed by atoms with E-state index in [2.05, 4.69) is 5.32 Å². The predicted octanol–water partition coefficient (Wildman–Crippen LogP) is 2.12. The predicted molar refractivity (Wildman–Crippen MR) is 84.6 cm³/mol. The van der Waals surface area contributed by atoms with Crippen LogP contribution in [0.5, 0.6) is 0 Å². The molecule has 1 fully saturated rings. The molecular weight excluding hydrogens is 322 g/mol. The molecule has 1 N–H and O–H groups in total. The van der Waals surface area contributed by atoms with Crippen molar-refractivity contribution >= 4 is 27.3 Å². The molecule has 23 heavy (non-hydrogen) atoms. The zero-order chi connectivity index (χ0) is 17.2. The molecule has 126 valence electrons. The number of nitro benzene ring substituents is 1. The second kappa shape index (κ2) is 6.63. The topological polar surface area (TPSA) is 110 Å². The van der Waals surface area contributed by atoms with Crippen LogP contribution in [0, 0.1) is 10.1 Å². The van der Waals surface area contributed by atoms with Crippen LogP contribution in [0.25, 0.3) is 0 Å². The van der Waals surface area contributed by atoms with E-state index in [4.69, 9.17) is 0 Å². The van der Waals surface area contributed by atoms with Gasteiger partial charge in [0.05, 0.1) is 9.82 Å². The van der Waals surface area contributed by atoms with Crippen LogP contribution in [0.3, 0.4) is 0 Å². The van der Waals surface area contributed by atoms with E-state index in [1.165, 1.54) is 23.4 Å². The number of benzene rings is 1. The lowest BCUT2D eigenvalue weighted by Crippen LogP contribution is -2.41. The van der Waals surface area contributed by atoms with Crippen LogP contribution in [-0.4, -0.2) is 36.1 Å². The fraction of sp³-hybridized carbons (Fsp3) is 0.500. The molecule has 9 heteroatoms. The molecule has 2 rings (SSSR count). The average molecular weight is 341 g/mol. The molecule has 1 aliphatic heterocycles. The van der Waals surface area contributed by atoms with Crippen molar-refractivity contribution in [2.45, 2.75) is 44.0 Å². The number of carbonyl (C=O) groups excluding carboxylic acids is 1. The highest BCUT2D eigenvalue weighted by Crippen LogP contribution is 2.31. The summed E-state index contributed by atoms with van der Waals surface area (Å²) in [6, 6.07) is 3.40. The summed E-state index contributed by atoms with van der Waals surface area (Å²) in [4.78, 5) is 21.4. The number of piperidine rings is 1. The largest absolute Gasteiger partial charge is 0.321 e. The minimum absolute atomic E-state index is 0.0202. The van der Waals surface area contributed by atoms with Gasteiger partial charge in [-0.3, -0.25) is 14.9 Å². The van der Waals surface area contributed by atoms with Gasteiger partial charge in [-0.05, 0) is 31.9 Å². The van der Waals surface area contributed by atoms with Crippen LogP contribution in [0.2, 0.25) is 0 Å². The first kappa shape index (κ1) is 17.4. The third-order valence-electron chi connectivity index (χ3n) is 3.83. The van der Waals surface area contributed by atoms with Crippen molar-refractivity contribution in [1.29, 1.82) is 0 Å². The summed E-state index contributed by atoms with van der Waals surface area (Å²) >= 11 is 0. The standard InChI is InChI=1S/C14H19N3O5S/c1-10-5-3-4-8-16(10)23(21,22)12-6-7-13(15-11(2)18)14(9-12)17(19)20/h6-7,9-10H,3-5,8H2,1-2H3,(H,15,18)/t10-/m0/s1. The Morgan fingerprint density at radius 1 is 1.39 bits per heavy atom. The second-order valence-electron chi connectivity index (χ2n) is 5.58. The van der Waals surface area contributed by atoms with E-state index in [-0.39, 0.29) is 16.6 Å². The lowest BCUT2D eigenvalue weighted by atomic mass is 10.1. The molecule has 1 amide bonds. The highest BCUT2D eigenvalue weighted by molar-refractivity contribution is 7.89. The van der Waals surface area contributed by atoms with Gasteiger partial charge in [0.2, 0.25) is 15.9 Å². The zero-order valence-electron chi connectivity index (χ0n) is 13.0. The van der Waals surface area contributed by atoms with Gasteiger partial charge in [-0.1, -0.05) is 6.42 Å². The van der Waals surface area contributed by atoms with Gasteiger partial charge in [-0.2, -0.15) is 4.31 Å². The molecule has 1 atom stereocenters. The maximum atomic E-state index is 12.7. The van der Waals surface area contributed by atoms with Crippen LogP contribution >= 0.6 is 0 Å². The highest BCUT2D eigenvalue weighted by Gasteiger charge is 2.32. The Morgan fingerprint density at radius 2 is 2.09 bits per heavy atom. The summed E-state index contributed by atoms with van der Waals surface area (Å²) in [5.41, 5.74) is -0.459. The molecule has 0 aliphatic carbocycles. The van der Waals surface area contributed by atoms with Crippen LogP contribution in [0.4, 0.5) is 11.4 Å². The maximum absolute atomic E-state index is 12.7. The zero-order valence-corrected chi connectivity index (χ0v) is 13.8. The minimum Gasteiger partial charge on any atom is -0.321 e. The summed E-state index contributed by atoms with van der Waals surface area (Å²) in [6.07, 6.45) is 2.51. The van der Waals surface area contributed by atoms with Crippen LogP contribution in [0.1, 0.15) is 33.1 Å². The quantitative estimate of drug-likeness (QED) is 0.666. The summed E-state index contributed by atoms with van der Waals surface area (Å²) in [5.74, 6) is -0.464. The van der Waals surface area contributed by atoms with Crippen molar-refractivity contribution in [2.75, 3.05) is 11.9 Å². The monoisotopic (exact) mass is 341 g/mol. The molecule has 0 aromatic heterocycles. The van der Waals surface area contributed by atoms with E-state index in [9.17, 15) is 23.3 Å². The van der Waals surface area contributed by atoms with Gasteiger partial charge in [0.1, 0.15) is 5.69 Å². The Morgan fingerprint density at radius 3 is 2.65 bits per heavy atom. The number of carbonyl (C=O) groups is 1. The van der Waals surface area contributed by atoms with Crippen LogP contribution < -0.4 is 5.32 Å². The molecule has 0 radical (unpaired) electrons. The lowest BCUT2D eigenvalue weighted by Gasteiger charge is -2.32. The number of nitro groups is 1. The van der Waals surface area contributed by atoms with Gasteiger partial charge < -0.3 is 5.32 Å². The maximum Gasteiger partial charge on any atom is 0.294 e. The van der Waals surface area contributed by atoms with E-state index in [0.717, 1.165) is 25.3 Å². The molecule has 1 saturated heterocycles. The van der Waals surface area contributed by atoms with E-state index in [1.54, 1.807) is 0 Å². The smallest absolute Gasteiger partial charge is 0.294 e. The number of rotatable bonds is 4. The molecule has 1 heterocycles. The van der Waals surface area contributed by atoms with Gasteiger partial charge in [-0.15, -0.1) is 0 Å². The summed E-state index contributed by atoms with van der Waals surface area (Å²) in [6.45, 7) is 3.46. The van der Waals surface area contributed by atoms with E-state index in [1.807, 2.05) is 6.92 Å². The van der Waals surface area contributed by atoms with Crippen molar-refractivity contribution < 1.29 is 18.1 Å². The Kier molecular flexibility index (Phi) is 5.00. The van der Waals surface area contributed by atoms with Gasteiger partial charge in [0.25, 0.3) is 5.69 Å². The molecule has 0 spiro atoms. The molecule has 0 bridgehead atoms. The minimum atomic E-state index is -3.80. The molecular formula is C14H19N3O5S. The van der Waals surface area contributed by atoms with Crippen molar-refractivity contribution in [3.8, 4) is 0 Å². The van der Waals surface area contributed by atoms with Crippen molar-refractivity contribution in [3.05, 3.63) is 28.3 Å². The number of amides is 1. The second-order valence-corrected chi connectivity index (χ2v) is 7.47. The third-order valence-corrected chi connectivity index (χ3v) is 5.83. The number of nitrogens with one attached hydrogen (secondary N) is 1. The van der Waals surface area contributed by atoms with Crippen molar-refractivity contribution in [1.82, 2.24) is 4.31 Å². The fourth-order valence-corrected chi connectivity index (χ4v) is 4.40. The van der Waals surface area contributed by atoms with E-state index >= 15 is 0 Å². The molecule has 0 saturated carbocycles. The first-order chi connectivity index (χ1) is 10.7. The Balaban J connectivity index is 2.44. The van der Waals surface area contributed by atoms with E-state index in [0.29, 0.717) is 6.54 Å². The molecule has 1 aromatic carbocycles. The normalized spacial score (nSPS) is 19.3. The number of anilines is 1. The Hall–Kier alpha value is -2.00. The number of hydrogen-bond donors (Lipinski definition) is 1. The third kappa shape index (κ3) is 3.67. The number of sulfonamides is 1. The van der Waals surface area contributed by atoms with Crippen molar-refractivity contribution in [3.63, 3.8) is 0 Å². The first-order valence-electron chi connectivity index (χ1n) is 7.31. The number of nitrogens with zero attached hydrogens (tertiary/aromatic N) is 2. The van der Waals surface area contributed by atoms with Gasteiger partial charge in [0.15, 0.2) is 0 Å². The summed E-state index contributed by atoms with van der Waals surface area (Å²) < 4.78 is 26.8. The first-order valence-corrected chi connectivity index (χ1v) is 8.75. The van der Waals surface area contributed by atoms with Gasteiger partial charge >= 0.3 is 0 Å². The van der Waals surface area contributed by atoms with Gasteiger partial charge in [-0.25, -0.2) is 8.42 Å². The molecule has 1 aromatic rings. The fourth-order valence-electron chi connectivity index (χ4n) is 2.68. The molecule has 0 unspecified atom stereocenters. The van der Waals surface area contributed by atoms with E-state index < -0.39 is 26.5 Å². The lowest BCUT2D eigenvalue weighted by molar-refractivity contribution is -0.384.